The maximum Gasteiger partial charge on any atom is -0.0279 e. The summed E-state index contributed by atoms with van der Waals surface area (Å²) in [5.41, 5.74) is 2.96. The summed E-state index contributed by atoms with van der Waals surface area (Å²) >= 11 is 0. The van der Waals surface area contributed by atoms with E-state index in [0.29, 0.717) is 0 Å². The molecule has 1 aromatic carbocycles. The molecule has 0 heteroatoms. The van der Waals surface area contributed by atoms with Crippen LogP contribution in [0.3, 0.4) is 0 Å². The van der Waals surface area contributed by atoms with Crippen LogP contribution in [0.15, 0.2) is 24.3 Å². The van der Waals surface area contributed by atoms with Crippen molar-refractivity contribution in [1.82, 2.24) is 0 Å². The van der Waals surface area contributed by atoms with Crippen molar-refractivity contribution in [1.29, 1.82) is 0 Å². The van der Waals surface area contributed by atoms with E-state index in [1.54, 1.807) is 0 Å². The molecule has 0 N–H and O–H groups in total. The Bertz CT molecular complexity index is 309. The Morgan fingerprint density at radius 1 is 0.650 bits per heavy atom. The molecular formula is C20H33. The molecule has 0 aliphatic carbocycles. The normalized spacial score (nSPS) is 10.9. The Balaban J connectivity index is 1.91. The molecule has 0 spiro atoms. The maximum absolute atomic E-state index is 3.89. The third-order valence-corrected chi connectivity index (χ3v) is 4.15. The monoisotopic (exact) mass is 273 g/mol. The van der Waals surface area contributed by atoms with E-state index in [1.807, 2.05) is 0 Å². The van der Waals surface area contributed by atoms with Crippen LogP contribution in [-0.2, 0) is 12.8 Å². The minimum absolute atomic E-state index is 1.11. The Morgan fingerprint density at radius 2 is 1.10 bits per heavy atom. The first-order valence-electron chi connectivity index (χ1n) is 8.74. The predicted octanol–water partition coefficient (Wildman–Crippen LogP) is 6.53. The molecule has 0 heterocycles. The molecule has 0 aliphatic rings. The third kappa shape index (κ3) is 8.40. The molecule has 0 bridgehead atoms. The van der Waals surface area contributed by atoms with E-state index in [9.17, 15) is 0 Å². The van der Waals surface area contributed by atoms with Crippen LogP contribution in [0, 0.1) is 6.92 Å². The van der Waals surface area contributed by atoms with Gasteiger partial charge in [-0.2, -0.15) is 0 Å². The fourth-order valence-corrected chi connectivity index (χ4v) is 2.68. The summed E-state index contributed by atoms with van der Waals surface area (Å²) in [6.07, 6.45) is 16.1. The molecule has 0 saturated heterocycles. The average Bonchev–Trinajstić information content (AvgIpc) is 2.50. The molecule has 0 amide bonds. The summed E-state index contributed by atoms with van der Waals surface area (Å²) in [6, 6.07) is 9.17. The molecule has 0 fully saturated rings. The van der Waals surface area contributed by atoms with E-state index >= 15 is 0 Å². The molecule has 1 aromatic rings. The fraction of sp³-hybridized carbons (Fsp3) is 0.650. The fourth-order valence-electron chi connectivity index (χ4n) is 2.68. The molecule has 1 radical (unpaired) electrons. The van der Waals surface area contributed by atoms with Gasteiger partial charge in [0.1, 0.15) is 0 Å². The highest BCUT2D eigenvalue weighted by atomic mass is 14.0. The van der Waals surface area contributed by atoms with Gasteiger partial charge in [0, 0.05) is 0 Å². The zero-order valence-corrected chi connectivity index (χ0v) is 13.5. The number of benzene rings is 1. The lowest BCUT2D eigenvalue weighted by Crippen LogP contribution is -1.88. The first-order valence-corrected chi connectivity index (χ1v) is 8.74. The van der Waals surface area contributed by atoms with Crippen LogP contribution in [0.1, 0.15) is 82.3 Å². The molecule has 0 saturated carbocycles. The van der Waals surface area contributed by atoms with Crippen LogP contribution in [0.5, 0.6) is 0 Å². The van der Waals surface area contributed by atoms with Crippen LogP contribution in [0.25, 0.3) is 0 Å². The van der Waals surface area contributed by atoms with E-state index in [0.717, 1.165) is 12.8 Å². The van der Waals surface area contributed by atoms with Gasteiger partial charge in [-0.25, -0.2) is 0 Å². The van der Waals surface area contributed by atoms with Crippen molar-refractivity contribution in [2.45, 2.75) is 84.0 Å². The Morgan fingerprint density at radius 3 is 1.60 bits per heavy atom. The van der Waals surface area contributed by atoms with Gasteiger partial charge in [0.15, 0.2) is 0 Å². The Hall–Kier alpha value is -0.780. The Kier molecular flexibility index (Phi) is 10.4. The van der Waals surface area contributed by atoms with E-state index in [2.05, 4.69) is 38.1 Å². The van der Waals surface area contributed by atoms with Crippen molar-refractivity contribution >= 4 is 0 Å². The number of unbranched alkanes of at least 4 members (excludes halogenated alkanes) is 9. The van der Waals surface area contributed by atoms with Gasteiger partial charge in [-0.1, -0.05) is 95.9 Å². The quantitative estimate of drug-likeness (QED) is 0.380. The second-order valence-electron chi connectivity index (χ2n) is 5.96. The van der Waals surface area contributed by atoms with Crippen molar-refractivity contribution in [3.8, 4) is 0 Å². The number of rotatable bonds is 12. The summed E-state index contributed by atoms with van der Waals surface area (Å²) in [5.74, 6) is 0. The lowest BCUT2D eigenvalue weighted by Gasteiger charge is -2.04. The first-order chi connectivity index (χ1) is 9.86. The largest absolute Gasteiger partial charge is 0.0613 e. The zero-order chi connectivity index (χ0) is 14.5. The van der Waals surface area contributed by atoms with Crippen molar-refractivity contribution in [3.63, 3.8) is 0 Å². The van der Waals surface area contributed by atoms with Crippen molar-refractivity contribution in [2.75, 3.05) is 0 Å². The Labute approximate surface area is 127 Å². The van der Waals surface area contributed by atoms with Gasteiger partial charge in [-0.05, 0) is 30.4 Å². The zero-order valence-electron chi connectivity index (χ0n) is 13.5. The predicted molar refractivity (Wildman–Crippen MR) is 91.1 cm³/mol. The molecule has 20 heavy (non-hydrogen) atoms. The van der Waals surface area contributed by atoms with Crippen molar-refractivity contribution in [3.05, 3.63) is 42.3 Å². The summed E-state index contributed by atoms with van der Waals surface area (Å²) < 4.78 is 0. The van der Waals surface area contributed by atoms with Crippen molar-refractivity contribution in [2.24, 2.45) is 0 Å². The highest BCUT2D eigenvalue weighted by Crippen LogP contribution is 2.13. The van der Waals surface area contributed by atoms with Gasteiger partial charge in [-0.3, -0.25) is 0 Å². The van der Waals surface area contributed by atoms with E-state index < -0.39 is 0 Å². The van der Waals surface area contributed by atoms with Gasteiger partial charge < -0.3 is 0 Å². The lowest BCUT2D eigenvalue weighted by molar-refractivity contribution is 0.560. The topological polar surface area (TPSA) is 0 Å². The summed E-state index contributed by atoms with van der Waals surface area (Å²) in [4.78, 5) is 0. The first kappa shape index (κ1) is 17.3. The molecule has 113 valence electrons. The molecule has 0 aliphatic heterocycles. The minimum atomic E-state index is 1.11. The SMILES string of the molecule is [CH2]CCCCCCCCCCCc1ccc(CC)cc1. The molecule has 0 aromatic heterocycles. The lowest BCUT2D eigenvalue weighted by atomic mass is 10.0. The molecule has 1 rings (SSSR count). The van der Waals surface area contributed by atoms with Crippen LogP contribution >= 0.6 is 0 Å². The average molecular weight is 273 g/mol. The number of hydrogen-bond acceptors (Lipinski definition) is 0. The standard InChI is InChI=1S/C20H33/c1-3-5-6-7-8-9-10-11-12-13-14-20-17-15-19(4-2)16-18-20/h15-18H,1,3-14H2,2H3. The van der Waals surface area contributed by atoms with Gasteiger partial charge >= 0.3 is 0 Å². The second kappa shape index (κ2) is 12.0. The third-order valence-electron chi connectivity index (χ3n) is 4.15. The molecule has 0 unspecified atom stereocenters. The number of hydrogen-bond donors (Lipinski definition) is 0. The molecule has 0 nitrogen and oxygen atoms in total. The van der Waals surface area contributed by atoms with E-state index in [1.165, 1.54) is 75.3 Å². The van der Waals surface area contributed by atoms with Gasteiger partial charge in [0.25, 0.3) is 0 Å². The van der Waals surface area contributed by atoms with Gasteiger partial charge in [0.2, 0.25) is 0 Å². The van der Waals surface area contributed by atoms with Crippen molar-refractivity contribution < 1.29 is 0 Å². The van der Waals surface area contributed by atoms with Crippen LogP contribution in [-0.4, -0.2) is 0 Å². The summed E-state index contributed by atoms with van der Waals surface area (Å²) in [7, 11) is 0. The maximum atomic E-state index is 3.89. The smallest absolute Gasteiger partial charge is 0.0279 e. The highest BCUT2D eigenvalue weighted by Gasteiger charge is 1.95. The number of aryl methyl sites for hydroxylation is 2. The van der Waals surface area contributed by atoms with Gasteiger partial charge in [-0.15, -0.1) is 0 Å². The van der Waals surface area contributed by atoms with Crippen LogP contribution < -0.4 is 0 Å². The van der Waals surface area contributed by atoms with Crippen LogP contribution in [0.4, 0.5) is 0 Å². The van der Waals surface area contributed by atoms with Gasteiger partial charge in [0.05, 0.1) is 0 Å². The minimum Gasteiger partial charge on any atom is -0.0613 e. The highest BCUT2D eigenvalue weighted by molar-refractivity contribution is 5.22. The molecular weight excluding hydrogens is 240 g/mol. The van der Waals surface area contributed by atoms with Crippen LogP contribution in [0.2, 0.25) is 0 Å². The summed E-state index contributed by atoms with van der Waals surface area (Å²) in [5, 5.41) is 0. The second-order valence-corrected chi connectivity index (χ2v) is 5.96. The van der Waals surface area contributed by atoms with E-state index in [4.69, 9.17) is 0 Å². The molecule has 0 atom stereocenters. The summed E-state index contributed by atoms with van der Waals surface area (Å²) in [6.45, 7) is 6.10. The van der Waals surface area contributed by atoms with E-state index in [-0.39, 0.29) is 0 Å².